The minimum atomic E-state index is 0.364. The van der Waals surface area contributed by atoms with Gasteiger partial charge in [0.2, 0.25) is 0 Å². The van der Waals surface area contributed by atoms with Gasteiger partial charge in [-0.1, -0.05) is 19.9 Å². The Kier molecular flexibility index (Phi) is 2.11. The second-order valence-electron chi connectivity index (χ2n) is 4.82. The Morgan fingerprint density at radius 1 is 1.50 bits per heavy atom. The Morgan fingerprint density at radius 2 is 2.21 bits per heavy atom. The second kappa shape index (κ2) is 3.06. The normalized spacial score (nSPS) is 28.9. The Bertz CT molecular complexity index is 344. The molecule has 1 saturated carbocycles. The van der Waals surface area contributed by atoms with Crippen LogP contribution >= 0.6 is 0 Å². The molecule has 0 spiro atoms. The van der Waals surface area contributed by atoms with Crippen LogP contribution in [0, 0.1) is 18.3 Å². The van der Waals surface area contributed by atoms with E-state index in [9.17, 15) is 0 Å². The summed E-state index contributed by atoms with van der Waals surface area (Å²) in [5.41, 5.74) is 8.67. The van der Waals surface area contributed by atoms with Crippen molar-refractivity contribution in [3.63, 3.8) is 0 Å². The van der Waals surface area contributed by atoms with Gasteiger partial charge >= 0.3 is 0 Å². The number of pyridine rings is 1. The molecule has 1 aromatic heterocycles. The van der Waals surface area contributed by atoms with Crippen LogP contribution in [0.2, 0.25) is 0 Å². The summed E-state index contributed by atoms with van der Waals surface area (Å²) in [5.74, 6) is 1.24. The molecule has 1 aliphatic rings. The molecule has 2 rings (SSSR count). The molecule has 0 saturated heterocycles. The van der Waals surface area contributed by atoms with Gasteiger partial charge in [-0.25, -0.2) is 0 Å². The van der Waals surface area contributed by atoms with Crippen LogP contribution in [0.25, 0.3) is 0 Å². The van der Waals surface area contributed by atoms with Crippen LogP contribution in [-0.4, -0.2) is 11.5 Å². The third kappa shape index (κ3) is 1.25. The maximum atomic E-state index is 5.77. The summed E-state index contributed by atoms with van der Waals surface area (Å²) in [6.07, 6.45) is 1.85. The molecule has 0 bridgehead atoms. The molecule has 2 N–H and O–H groups in total. The van der Waals surface area contributed by atoms with Crippen molar-refractivity contribution < 1.29 is 0 Å². The molecule has 2 nitrogen and oxygen atoms in total. The van der Waals surface area contributed by atoms with Gasteiger partial charge in [0.05, 0.1) is 0 Å². The molecule has 0 radical (unpaired) electrons. The van der Waals surface area contributed by atoms with Gasteiger partial charge in [0, 0.05) is 11.9 Å². The van der Waals surface area contributed by atoms with Crippen LogP contribution < -0.4 is 5.73 Å². The van der Waals surface area contributed by atoms with Crippen LogP contribution in [0.4, 0.5) is 0 Å². The Hall–Kier alpha value is -0.890. The van der Waals surface area contributed by atoms with Gasteiger partial charge in [0.25, 0.3) is 0 Å². The van der Waals surface area contributed by atoms with E-state index in [0.717, 1.165) is 12.2 Å². The monoisotopic (exact) mass is 190 g/mol. The van der Waals surface area contributed by atoms with E-state index >= 15 is 0 Å². The Balaban J connectivity index is 2.31. The third-order valence-corrected chi connectivity index (χ3v) is 3.69. The predicted molar refractivity (Wildman–Crippen MR) is 58.0 cm³/mol. The SMILES string of the molecule is Cc1ncccc1C1C(CN)C1(C)C. The minimum absolute atomic E-state index is 0.364. The summed E-state index contributed by atoms with van der Waals surface area (Å²) in [6, 6.07) is 4.20. The molecule has 1 fully saturated rings. The van der Waals surface area contributed by atoms with Crippen LogP contribution in [0.5, 0.6) is 0 Å². The van der Waals surface area contributed by atoms with Gasteiger partial charge in [-0.2, -0.15) is 0 Å². The van der Waals surface area contributed by atoms with E-state index in [1.807, 2.05) is 12.3 Å². The highest BCUT2D eigenvalue weighted by Crippen LogP contribution is 2.64. The first-order chi connectivity index (χ1) is 6.59. The first-order valence-electron chi connectivity index (χ1n) is 5.20. The summed E-state index contributed by atoms with van der Waals surface area (Å²) >= 11 is 0. The molecular weight excluding hydrogens is 172 g/mol. The predicted octanol–water partition coefficient (Wildman–Crippen LogP) is 2.09. The van der Waals surface area contributed by atoms with E-state index in [4.69, 9.17) is 5.73 Å². The fourth-order valence-electron chi connectivity index (χ4n) is 2.63. The minimum Gasteiger partial charge on any atom is -0.330 e. The number of aryl methyl sites for hydroxylation is 1. The summed E-state index contributed by atoms with van der Waals surface area (Å²) in [6.45, 7) is 7.45. The van der Waals surface area contributed by atoms with Crippen molar-refractivity contribution >= 4 is 0 Å². The number of nitrogens with zero attached hydrogens (tertiary/aromatic N) is 1. The number of rotatable bonds is 2. The zero-order chi connectivity index (χ0) is 10.3. The molecule has 0 aromatic carbocycles. The zero-order valence-corrected chi connectivity index (χ0v) is 9.12. The highest BCUT2D eigenvalue weighted by atomic mass is 14.7. The highest BCUT2D eigenvalue weighted by molar-refractivity contribution is 5.34. The molecule has 0 aliphatic heterocycles. The van der Waals surface area contributed by atoms with Gasteiger partial charge in [0.15, 0.2) is 0 Å². The van der Waals surface area contributed by atoms with E-state index in [1.54, 1.807) is 0 Å². The lowest BCUT2D eigenvalue weighted by Crippen LogP contribution is -2.05. The lowest BCUT2D eigenvalue weighted by Gasteiger charge is -2.05. The van der Waals surface area contributed by atoms with Crippen molar-refractivity contribution in [2.24, 2.45) is 17.1 Å². The van der Waals surface area contributed by atoms with Crippen molar-refractivity contribution in [1.82, 2.24) is 4.98 Å². The number of aromatic nitrogens is 1. The quantitative estimate of drug-likeness (QED) is 0.775. The molecule has 1 heterocycles. The first kappa shape index (κ1) is 9.66. The molecule has 76 valence electrons. The van der Waals surface area contributed by atoms with Crippen LogP contribution in [0.15, 0.2) is 18.3 Å². The van der Waals surface area contributed by atoms with Crippen molar-refractivity contribution in [1.29, 1.82) is 0 Å². The number of hydrogen-bond donors (Lipinski definition) is 1. The van der Waals surface area contributed by atoms with Crippen molar-refractivity contribution in [3.05, 3.63) is 29.6 Å². The summed E-state index contributed by atoms with van der Waals surface area (Å²) in [4.78, 5) is 4.33. The Morgan fingerprint density at radius 3 is 2.71 bits per heavy atom. The lowest BCUT2D eigenvalue weighted by molar-refractivity contribution is 0.558. The van der Waals surface area contributed by atoms with E-state index < -0.39 is 0 Å². The van der Waals surface area contributed by atoms with E-state index in [0.29, 0.717) is 17.3 Å². The van der Waals surface area contributed by atoms with E-state index in [-0.39, 0.29) is 0 Å². The van der Waals surface area contributed by atoms with Crippen molar-refractivity contribution in [2.45, 2.75) is 26.7 Å². The molecule has 0 amide bonds. The molecule has 1 aliphatic carbocycles. The smallest absolute Gasteiger partial charge is 0.0407 e. The first-order valence-corrected chi connectivity index (χ1v) is 5.20. The average Bonchev–Trinajstić information content (AvgIpc) is 2.69. The van der Waals surface area contributed by atoms with E-state index in [2.05, 4.69) is 31.8 Å². The summed E-state index contributed by atoms with van der Waals surface area (Å²) in [7, 11) is 0. The molecule has 2 atom stereocenters. The van der Waals surface area contributed by atoms with E-state index in [1.165, 1.54) is 5.56 Å². The van der Waals surface area contributed by atoms with Crippen LogP contribution in [-0.2, 0) is 0 Å². The van der Waals surface area contributed by atoms with Gasteiger partial charge < -0.3 is 5.73 Å². The van der Waals surface area contributed by atoms with Crippen molar-refractivity contribution in [3.8, 4) is 0 Å². The number of nitrogens with two attached hydrogens (primary N) is 1. The van der Waals surface area contributed by atoms with Gasteiger partial charge in [-0.3, -0.25) is 4.98 Å². The molecule has 14 heavy (non-hydrogen) atoms. The maximum Gasteiger partial charge on any atom is 0.0407 e. The maximum absolute atomic E-state index is 5.77. The molecule has 2 unspecified atom stereocenters. The van der Waals surface area contributed by atoms with Gasteiger partial charge in [0.1, 0.15) is 0 Å². The van der Waals surface area contributed by atoms with Crippen LogP contribution in [0.1, 0.15) is 31.0 Å². The largest absolute Gasteiger partial charge is 0.330 e. The molecule has 2 heteroatoms. The Labute approximate surface area is 85.5 Å². The topological polar surface area (TPSA) is 38.9 Å². The summed E-state index contributed by atoms with van der Waals surface area (Å²) in [5, 5.41) is 0. The zero-order valence-electron chi connectivity index (χ0n) is 9.12. The molecular formula is C12H18N2. The fourth-order valence-corrected chi connectivity index (χ4v) is 2.63. The molecule has 1 aromatic rings. The second-order valence-corrected chi connectivity index (χ2v) is 4.82. The fraction of sp³-hybridized carbons (Fsp3) is 0.583. The average molecular weight is 190 g/mol. The third-order valence-electron chi connectivity index (χ3n) is 3.69. The van der Waals surface area contributed by atoms with Gasteiger partial charge in [-0.05, 0) is 42.3 Å². The number of hydrogen-bond acceptors (Lipinski definition) is 2. The lowest BCUT2D eigenvalue weighted by atomic mass is 10.0. The van der Waals surface area contributed by atoms with Gasteiger partial charge in [-0.15, -0.1) is 0 Å². The summed E-state index contributed by atoms with van der Waals surface area (Å²) < 4.78 is 0. The van der Waals surface area contributed by atoms with Crippen LogP contribution in [0.3, 0.4) is 0 Å². The highest BCUT2D eigenvalue weighted by Gasteiger charge is 2.57. The van der Waals surface area contributed by atoms with Crippen molar-refractivity contribution in [2.75, 3.05) is 6.54 Å². The standard InChI is InChI=1S/C12H18N2/c1-8-9(5-4-6-14-8)11-10(7-13)12(11,2)3/h4-6,10-11H,7,13H2,1-3H3.